The first-order valence-electron chi connectivity index (χ1n) is 18.9. The number of rotatable bonds is 6. The fourth-order valence-corrected chi connectivity index (χ4v) is 7.80. The number of aromatic nitrogens is 5. The summed E-state index contributed by atoms with van der Waals surface area (Å²) in [5.41, 5.74) is 12.7. The van der Waals surface area contributed by atoms with Crippen molar-refractivity contribution in [3.63, 3.8) is 0 Å². The topological polar surface area (TPSA) is 77.6 Å². The van der Waals surface area contributed by atoms with Gasteiger partial charge in [-0.1, -0.05) is 140 Å². The number of para-hydroxylation sites is 1. The van der Waals surface area contributed by atoms with Crippen LogP contribution in [0.25, 0.3) is 111 Å². The van der Waals surface area contributed by atoms with Crippen molar-refractivity contribution in [1.82, 2.24) is 24.9 Å². The van der Waals surface area contributed by atoms with E-state index in [1.54, 1.807) is 0 Å². The van der Waals surface area contributed by atoms with Crippen LogP contribution in [0.4, 0.5) is 0 Å². The lowest BCUT2D eigenvalue weighted by Crippen LogP contribution is -2.00. The lowest BCUT2D eigenvalue weighted by molar-refractivity contribution is 0.669. The Morgan fingerprint density at radius 2 is 0.877 bits per heavy atom. The van der Waals surface area contributed by atoms with Crippen LogP contribution in [-0.2, 0) is 0 Å². The molecule has 0 fully saturated rings. The molecule has 6 heteroatoms. The highest BCUT2D eigenvalue weighted by molar-refractivity contribution is 6.11. The molecule has 4 heterocycles. The summed E-state index contributed by atoms with van der Waals surface area (Å²) in [5, 5.41) is 4.21. The van der Waals surface area contributed by atoms with Gasteiger partial charge < -0.3 is 4.42 Å². The summed E-state index contributed by atoms with van der Waals surface area (Å²) in [6.45, 7) is 0. The summed E-state index contributed by atoms with van der Waals surface area (Å²) in [6, 6.07) is 60.5. The molecular weight excluding hydrogens is 699 g/mol. The van der Waals surface area contributed by atoms with Crippen molar-refractivity contribution in [2.75, 3.05) is 0 Å². The van der Waals surface area contributed by atoms with E-state index in [0.29, 0.717) is 17.5 Å². The normalized spacial score (nSPS) is 11.5. The first-order chi connectivity index (χ1) is 28.2. The Hall–Kier alpha value is -7.83. The van der Waals surface area contributed by atoms with E-state index in [-0.39, 0.29) is 0 Å². The molecule has 0 amide bonds. The second kappa shape index (κ2) is 13.5. The van der Waals surface area contributed by atoms with Crippen molar-refractivity contribution in [1.29, 1.82) is 0 Å². The van der Waals surface area contributed by atoms with Gasteiger partial charge in [0.05, 0.1) is 16.6 Å². The Morgan fingerprint density at radius 1 is 0.333 bits per heavy atom. The van der Waals surface area contributed by atoms with Crippen molar-refractivity contribution in [3.8, 4) is 67.5 Å². The van der Waals surface area contributed by atoms with Gasteiger partial charge in [-0.3, -0.25) is 9.97 Å². The van der Waals surface area contributed by atoms with Gasteiger partial charge in [-0.2, -0.15) is 0 Å². The van der Waals surface area contributed by atoms with E-state index in [2.05, 4.69) is 89.9 Å². The van der Waals surface area contributed by atoms with Gasteiger partial charge in [-0.05, 0) is 69.8 Å². The number of fused-ring (bicyclic) bond motifs is 6. The van der Waals surface area contributed by atoms with Crippen molar-refractivity contribution in [2.24, 2.45) is 0 Å². The molecule has 7 aromatic carbocycles. The van der Waals surface area contributed by atoms with Crippen LogP contribution in [0, 0.1) is 0 Å². The number of nitrogens with zero attached hydrogens (tertiary/aromatic N) is 5. The van der Waals surface area contributed by atoms with Crippen molar-refractivity contribution in [3.05, 3.63) is 188 Å². The average Bonchev–Trinajstić information content (AvgIpc) is 3.68. The van der Waals surface area contributed by atoms with E-state index < -0.39 is 0 Å². The molecule has 6 nitrogen and oxygen atoms in total. The predicted octanol–water partition coefficient (Wildman–Crippen LogP) is 12.9. The number of hydrogen-bond acceptors (Lipinski definition) is 6. The SMILES string of the molecule is c1ccc(-c2nc(-c3ccccc3)nc(-c3cc(-c4ccc(-c5ccc(-c6cc7cccnc7c7ncccc67)cc5)cc4)cc4c3oc3ccccc34)n2)cc1. The van der Waals surface area contributed by atoms with Crippen LogP contribution in [0.2, 0.25) is 0 Å². The van der Waals surface area contributed by atoms with Gasteiger partial charge in [-0.15, -0.1) is 0 Å². The highest BCUT2D eigenvalue weighted by Gasteiger charge is 2.20. The first kappa shape index (κ1) is 32.6. The molecular formula is C51H31N5O. The third-order valence-corrected chi connectivity index (χ3v) is 10.6. The molecule has 0 unspecified atom stereocenters. The van der Waals surface area contributed by atoms with Crippen molar-refractivity contribution < 1.29 is 4.42 Å². The summed E-state index contributed by atoms with van der Waals surface area (Å²) in [6.07, 6.45) is 3.66. The second-order valence-corrected chi connectivity index (χ2v) is 14.1. The molecule has 266 valence electrons. The summed E-state index contributed by atoms with van der Waals surface area (Å²) in [4.78, 5) is 24.4. The molecule has 0 N–H and O–H groups in total. The molecule has 0 aliphatic carbocycles. The molecule has 0 radical (unpaired) electrons. The van der Waals surface area contributed by atoms with Crippen LogP contribution in [0.1, 0.15) is 0 Å². The third kappa shape index (κ3) is 5.79. The highest BCUT2D eigenvalue weighted by Crippen LogP contribution is 2.40. The number of benzene rings is 7. The van der Waals surface area contributed by atoms with Gasteiger partial charge in [0, 0.05) is 45.1 Å². The summed E-state index contributed by atoms with van der Waals surface area (Å²) < 4.78 is 6.58. The molecule has 0 bridgehead atoms. The van der Waals surface area contributed by atoms with Gasteiger partial charge in [0.15, 0.2) is 17.5 Å². The number of furan rings is 1. The molecule has 4 aromatic heterocycles. The zero-order chi connectivity index (χ0) is 37.7. The van der Waals surface area contributed by atoms with Crippen LogP contribution < -0.4 is 0 Å². The van der Waals surface area contributed by atoms with Crippen LogP contribution in [0.5, 0.6) is 0 Å². The van der Waals surface area contributed by atoms with Gasteiger partial charge in [-0.25, -0.2) is 15.0 Å². The Bertz CT molecular complexity index is 3210. The van der Waals surface area contributed by atoms with E-state index in [1.807, 2.05) is 103 Å². The summed E-state index contributed by atoms with van der Waals surface area (Å²) in [5.74, 6) is 1.76. The standard InChI is InChI=1S/C51H31N5O/c1-3-11-36(12-4-1)49-54-50(37-13-5-2-6-14-37)56-51(55-49)44-31-39(30-43-40-16-7-8-18-45(40)57-48(43)44)34-21-19-32(20-22-34)33-23-25-35(26-24-33)42-29-38-15-9-27-52-46(38)47-41(42)17-10-28-53-47/h1-31H. The van der Waals surface area contributed by atoms with Crippen molar-refractivity contribution >= 4 is 43.7 Å². The Labute approximate surface area is 327 Å². The number of pyridine rings is 2. The fourth-order valence-electron chi connectivity index (χ4n) is 7.80. The van der Waals surface area contributed by atoms with E-state index in [4.69, 9.17) is 24.4 Å². The molecule has 0 saturated heterocycles. The van der Waals surface area contributed by atoms with Crippen LogP contribution in [0.15, 0.2) is 193 Å². The summed E-state index contributed by atoms with van der Waals surface area (Å²) >= 11 is 0. The van der Waals surface area contributed by atoms with Crippen LogP contribution in [-0.4, -0.2) is 24.9 Å². The molecule has 57 heavy (non-hydrogen) atoms. The second-order valence-electron chi connectivity index (χ2n) is 14.1. The number of hydrogen-bond donors (Lipinski definition) is 0. The molecule has 0 aliphatic rings. The van der Waals surface area contributed by atoms with Crippen LogP contribution in [0.3, 0.4) is 0 Å². The summed E-state index contributed by atoms with van der Waals surface area (Å²) in [7, 11) is 0. The molecule has 0 aliphatic heterocycles. The van der Waals surface area contributed by atoms with E-state index in [1.165, 1.54) is 0 Å². The molecule has 0 spiro atoms. The maximum absolute atomic E-state index is 6.58. The zero-order valence-electron chi connectivity index (χ0n) is 30.5. The van der Waals surface area contributed by atoms with E-state index in [9.17, 15) is 0 Å². The first-order valence-corrected chi connectivity index (χ1v) is 18.9. The highest BCUT2D eigenvalue weighted by atomic mass is 16.3. The van der Waals surface area contributed by atoms with Crippen LogP contribution >= 0.6 is 0 Å². The minimum Gasteiger partial charge on any atom is -0.455 e. The maximum Gasteiger partial charge on any atom is 0.167 e. The van der Waals surface area contributed by atoms with E-state index in [0.717, 1.165) is 93.8 Å². The monoisotopic (exact) mass is 729 g/mol. The predicted molar refractivity (Wildman–Crippen MR) is 230 cm³/mol. The quantitative estimate of drug-likeness (QED) is 0.159. The van der Waals surface area contributed by atoms with Gasteiger partial charge in [0.25, 0.3) is 0 Å². The van der Waals surface area contributed by atoms with Gasteiger partial charge in [0.2, 0.25) is 0 Å². The van der Waals surface area contributed by atoms with E-state index >= 15 is 0 Å². The Balaban J connectivity index is 1.00. The largest absolute Gasteiger partial charge is 0.455 e. The van der Waals surface area contributed by atoms with Crippen molar-refractivity contribution in [2.45, 2.75) is 0 Å². The minimum atomic E-state index is 0.552. The lowest BCUT2D eigenvalue weighted by Gasteiger charge is -2.12. The molecule has 11 aromatic rings. The Kier molecular flexibility index (Phi) is 7.71. The molecule has 0 saturated carbocycles. The molecule has 11 rings (SSSR count). The third-order valence-electron chi connectivity index (χ3n) is 10.6. The molecule has 0 atom stereocenters. The van der Waals surface area contributed by atoms with Gasteiger partial charge >= 0.3 is 0 Å². The lowest BCUT2D eigenvalue weighted by atomic mass is 9.94. The smallest absolute Gasteiger partial charge is 0.167 e. The van der Waals surface area contributed by atoms with Gasteiger partial charge in [0.1, 0.15) is 11.2 Å². The average molecular weight is 730 g/mol. The zero-order valence-corrected chi connectivity index (χ0v) is 30.5. The fraction of sp³-hybridized carbons (Fsp3) is 0. The minimum absolute atomic E-state index is 0.552. The maximum atomic E-state index is 6.58. The Morgan fingerprint density at radius 3 is 1.56 bits per heavy atom.